The van der Waals surface area contributed by atoms with Crippen LogP contribution in [0.15, 0.2) is 17.1 Å². The summed E-state index contributed by atoms with van der Waals surface area (Å²) in [6.07, 6.45) is 2.80. The number of fused-ring (bicyclic) bond motifs is 1. The van der Waals surface area contributed by atoms with Crippen molar-refractivity contribution in [2.75, 3.05) is 26.4 Å². The highest BCUT2D eigenvalue weighted by molar-refractivity contribution is 6.74. The van der Waals surface area contributed by atoms with Gasteiger partial charge in [-0.05, 0) is 71.2 Å². The van der Waals surface area contributed by atoms with Crippen molar-refractivity contribution < 1.29 is 37.0 Å². The average molecular weight is 637 g/mol. The van der Waals surface area contributed by atoms with Crippen LogP contribution in [0.5, 0.6) is 5.75 Å². The van der Waals surface area contributed by atoms with Gasteiger partial charge < -0.3 is 28.1 Å². The third kappa shape index (κ3) is 7.27. The molecule has 9 nitrogen and oxygen atoms in total. The summed E-state index contributed by atoms with van der Waals surface area (Å²) in [6, 6.07) is 0.175. The van der Waals surface area contributed by atoms with E-state index in [9.17, 15) is 18.8 Å². The highest BCUT2D eigenvalue weighted by Gasteiger charge is 2.42. The van der Waals surface area contributed by atoms with E-state index in [2.05, 4.69) is 33.9 Å². The number of likely N-dealkylation sites (tertiary alicyclic amines) is 1. The van der Waals surface area contributed by atoms with Crippen LogP contribution in [0.1, 0.15) is 84.1 Å². The Labute approximate surface area is 258 Å². The summed E-state index contributed by atoms with van der Waals surface area (Å²) in [5, 5.41) is -0.160. The summed E-state index contributed by atoms with van der Waals surface area (Å²) in [7, 11) is -2.05. The Morgan fingerprint density at radius 2 is 1.73 bits per heavy atom. The van der Waals surface area contributed by atoms with Gasteiger partial charge >= 0.3 is 12.1 Å². The van der Waals surface area contributed by atoms with E-state index in [0.717, 1.165) is 18.9 Å². The van der Waals surface area contributed by atoms with E-state index in [1.807, 2.05) is 0 Å². The van der Waals surface area contributed by atoms with Crippen LogP contribution in [0.2, 0.25) is 18.1 Å². The van der Waals surface area contributed by atoms with E-state index in [4.69, 9.17) is 18.6 Å². The molecule has 44 heavy (non-hydrogen) atoms. The Bertz CT molecular complexity index is 1470. The monoisotopic (exact) mass is 636 g/mol. The van der Waals surface area contributed by atoms with Gasteiger partial charge in [0.1, 0.15) is 17.8 Å². The van der Waals surface area contributed by atoms with Crippen molar-refractivity contribution in [3.63, 3.8) is 0 Å². The minimum atomic E-state index is -2.05. The second-order valence-electron chi connectivity index (χ2n) is 14.4. The molecule has 2 heterocycles. The number of hydrogen-bond acceptors (Lipinski definition) is 7. The molecule has 0 bridgehead atoms. The van der Waals surface area contributed by atoms with Gasteiger partial charge in [-0.1, -0.05) is 20.8 Å². The van der Waals surface area contributed by atoms with Gasteiger partial charge in [0.2, 0.25) is 11.2 Å². The summed E-state index contributed by atoms with van der Waals surface area (Å²) in [5.41, 5.74) is -1.68. The molecule has 0 radical (unpaired) electrons. The van der Waals surface area contributed by atoms with E-state index in [0.29, 0.717) is 19.6 Å². The fourth-order valence-corrected chi connectivity index (χ4v) is 6.20. The van der Waals surface area contributed by atoms with Crippen LogP contribution in [-0.2, 0) is 13.9 Å². The van der Waals surface area contributed by atoms with E-state index in [1.165, 1.54) is 6.20 Å². The lowest BCUT2D eigenvalue weighted by Gasteiger charge is -2.37. The topological polar surface area (TPSA) is 96.3 Å². The maximum absolute atomic E-state index is 15.5. The van der Waals surface area contributed by atoms with Crippen LogP contribution in [0.4, 0.5) is 13.6 Å². The van der Waals surface area contributed by atoms with Crippen LogP contribution in [0.3, 0.4) is 0 Å². The van der Waals surface area contributed by atoms with Crippen molar-refractivity contribution in [1.82, 2.24) is 9.47 Å². The number of rotatable bonds is 9. The van der Waals surface area contributed by atoms with Crippen LogP contribution < -0.4 is 10.2 Å². The maximum Gasteiger partial charge on any atom is 0.410 e. The zero-order valence-electron chi connectivity index (χ0n) is 27.3. The van der Waals surface area contributed by atoms with Crippen molar-refractivity contribution >= 4 is 31.3 Å². The Morgan fingerprint density at radius 3 is 2.30 bits per heavy atom. The van der Waals surface area contributed by atoms with Gasteiger partial charge in [0.15, 0.2) is 19.9 Å². The van der Waals surface area contributed by atoms with Crippen LogP contribution in [0, 0.1) is 17.6 Å². The number of aromatic nitrogens is 1. The number of carbonyl (C=O) groups excluding carboxylic acids is 2. The highest BCUT2D eigenvalue weighted by atomic mass is 28.4. The molecule has 1 aliphatic carbocycles. The average Bonchev–Trinajstić information content (AvgIpc) is 3.66. The maximum atomic E-state index is 15.5. The van der Waals surface area contributed by atoms with Gasteiger partial charge in [-0.3, -0.25) is 4.79 Å². The van der Waals surface area contributed by atoms with Crippen molar-refractivity contribution in [2.45, 2.75) is 104 Å². The number of amides is 1. The first kappa shape index (κ1) is 33.9. The van der Waals surface area contributed by atoms with Crippen molar-refractivity contribution in [2.24, 2.45) is 5.92 Å². The van der Waals surface area contributed by atoms with Gasteiger partial charge in [-0.2, -0.15) is 4.39 Å². The molecule has 1 aromatic heterocycles. The molecule has 1 amide bonds. The first-order valence-corrected chi connectivity index (χ1v) is 18.3. The number of nitrogens with zero attached hydrogens (tertiary/aromatic N) is 2. The normalized spacial score (nSPS) is 19.4. The Morgan fingerprint density at radius 1 is 1.07 bits per heavy atom. The van der Waals surface area contributed by atoms with Gasteiger partial charge in [0.25, 0.3) is 0 Å². The fourth-order valence-electron chi connectivity index (χ4n) is 5.12. The summed E-state index contributed by atoms with van der Waals surface area (Å²) in [5.74, 6) is -3.79. The van der Waals surface area contributed by atoms with Crippen molar-refractivity contribution in [1.29, 1.82) is 0 Å². The molecule has 12 heteroatoms. The van der Waals surface area contributed by atoms with E-state index in [1.54, 1.807) is 37.2 Å². The Hall–Kier alpha value is -2.99. The molecule has 1 saturated heterocycles. The number of carbonyl (C=O) groups is 2. The number of pyridine rings is 1. The molecule has 2 fully saturated rings. The SMILES string of the molecule is CCOC(=O)c1cn(C2CC2)c2c(OC[C@@H]3C[C@H](CO[Si](C)(C)C(C)(C)C)CN3C(=O)OC(C)(C)C)c(F)c(F)cc2c1=O. The molecule has 1 aliphatic heterocycles. The number of ether oxygens (including phenoxy) is 3. The van der Waals surface area contributed by atoms with Crippen molar-refractivity contribution in [3.8, 4) is 5.75 Å². The van der Waals surface area contributed by atoms with E-state index >= 15 is 4.39 Å². The second-order valence-corrected chi connectivity index (χ2v) is 19.2. The lowest BCUT2D eigenvalue weighted by molar-refractivity contribution is 0.0180. The number of benzene rings is 1. The first-order valence-electron chi connectivity index (χ1n) is 15.3. The Balaban J connectivity index is 1.68. The van der Waals surface area contributed by atoms with Gasteiger partial charge in [-0.15, -0.1) is 0 Å². The number of hydrogen-bond donors (Lipinski definition) is 0. The zero-order valence-corrected chi connectivity index (χ0v) is 28.3. The fraction of sp³-hybridized carbons (Fsp3) is 0.656. The highest BCUT2D eigenvalue weighted by Crippen LogP contribution is 2.41. The Kier molecular flexibility index (Phi) is 9.57. The molecule has 4 rings (SSSR count). The molecule has 1 saturated carbocycles. The standard InChI is InChI=1S/C32H46F2N2O7Si/c1-10-40-29(38)23-16-35(20-11-12-20)26-22(27(23)37)14-24(33)25(34)28(26)41-18-21-13-19(17-42-44(8,9)32(5,6)7)15-36(21)30(39)43-31(2,3)4/h14,16,19-21H,10-13,15,17-18H2,1-9H3/t19-,21-/m0/s1. The van der Waals surface area contributed by atoms with E-state index < -0.39 is 54.8 Å². The smallest absolute Gasteiger partial charge is 0.410 e. The first-order chi connectivity index (χ1) is 20.3. The zero-order chi connectivity index (χ0) is 32.8. The molecule has 0 N–H and O–H groups in total. The van der Waals surface area contributed by atoms with Crippen molar-refractivity contribution in [3.05, 3.63) is 39.7 Å². The van der Waals surface area contributed by atoms with Crippen LogP contribution in [0.25, 0.3) is 10.9 Å². The minimum absolute atomic E-state index is 0.0133. The number of esters is 1. The van der Waals surface area contributed by atoms with Crippen LogP contribution in [-0.4, -0.2) is 67.9 Å². The van der Waals surface area contributed by atoms with Crippen LogP contribution >= 0.6 is 0 Å². The predicted octanol–water partition coefficient (Wildman–Crippen LogP) is 6.82. The largest absolute Gasteiger partial charge is 0.486 e. The molecule has 1 aromatic carbocycles. The van der Waals surface area contributed by atoms with Gasteiger partial charge in [0.05, 0.1) is 23.6 Å². The summed E-state index contributed by atoms with van der Waals surface area (Å²) in [6.45, 7) is 18.5. The molecular formula is C32H46F2N2O7Si. The summed E-state index contributed by atoms with van der Waals surface area (Å²) < 4.78 is 55.2. The molecule has 2 aliphatic rings. The third-order valence-corrected chi connectivity index (χ3v) is 13.1. The quantitative estimate of drug-likeness (QED) is 0.220. The second kappa shape index (κ2) is 12.4. The molecule has 244 valence electrons. The lowest BCUT2D eigenvalue weighted by Crippen LogP contribution is -2.43. The molecule has 2 aromatic rings. The van der Waals surface area contributed by atoms with E-state index in [-0.39, 0.29) is 46.7 Å². The molecule has 2 atom stereocenters. The molecule has 0 spiro atoms. The summed E-state index contributed by atoms with van der Waals surface area (Å²) in [4.78, 5) is 40.7. The molecule has 0 unspecified atom stereocenters. The minimum Gasteiger partial charge on any atom is -0.486 e. The van der Waals surface area contributed by atoms with Gasteiger partial charge in [0, 0.05) is 31.3 Å². The molecular weight excluding hydrogens is 590 g/mol. The predicted molar refractivity (Wildman–Crippen MR) is 166 cm³/mol. The lowest BCUT2D eigenvalue weighted by atomic mass is 10.1. The summed E-state index contributed by atoms with van der Waals surface area (Å²) >= 11 is 0. The van der Waals surface area contributed by atoms with Gasteiger partial charge in [-0.25, -0.2) is 14.0 Å². The third-order valence-electron chi connectivity index (χ3n) is 8.64. The number of halogens is 2.